The molecule has 1 atom stereocenters. The van der Waals surface area contributed by atoms with Gasteiger partial charge in [-0.05, 0) is 24.0 Å². The van der Waals surface area contributed by atoms with Crippen LogP contribution in [0.15, 0.2) is 18.3 Å². The van der Waals surface area contributed by atoms with Crippen molar-refractivity contribution < 1.29 is 0 Å². The van der Waals surface area contributed by atoms with Crippen LogP contribution in [0.4, 0.5) is 5.69 Å². The predicted molar refractivity (Wildman–Crippen MR) is 54.8 cm³/mol. The van der Waals surface area contributed by atoms with Crippen molar-refractivity contribution in [3.05, 3.63) is 24.0 Å². The summed E-state index contributed by atoms with van der Waals surface area (Å²) < 4.78 is 0. The van der Waals surface area contributed by atoms with Crippen molar-refractivity contribution in [2.24, 2.45) is 5.41 Å². The van der Waals surface area contributed by atoms with E-state index >= 15 is 0 Å². The first kappa shape index (κ1) is 9.01. The normalized spacial score (nSPS) is 22.5. The SMILES string of the molecule is CC1(C)CC1Nc1cccnc1C#N. The molecule has 1 aliphatic carbocycles. The van der Waals surface area contributed by atoms with Crippen molar-refractivity contribution in [2.75, 3.05) is 5.32 Å². The molecular formula is C11H13N3. The summed E-state index contributed by atoms with van der Waals surface area (Å²) in [5, 5.41) is 12.2. The zero-order valence-electron chi connectivity index (χ0n) is 8.41. The minimum Gasteiger partial charge on any atom is -0.379 e. The van der Waals surface area contributed by atoms with E-state index in [-0.39, 0.29) is 0 Å². The fraction of sp³-hybridized carbons (Fsp3) is 0.455. The number of nitrogens with zero attached hydrogens (tertiary/aromatic N) is 2. The van der Waals surface area contributed by atoms with Crippen molar-refractivity contribution in [3.63, 3.8) is 0 Å². The topological polar surface area (TPSA) is 48.7 Å². The summed E-state index contributed by atoms with van der Waals surface area (Å²) in [5.41, 5.74) is 1.70. The molecule has 14 heavy (non-hydrogen) atoms. The van der Waals surface area contributed by atoms with Gasteiger partial charge >= 0.3 is 0 Å². The Bertz CT molecular complexity index is 390. The molecular weight excluding hydrogens is 174 g/mol. The van der Waals surface area contributed by atoms with Gasteiger partial charge < -0.3 is 5.32 Å². The van der Waals surface area contributed by atoms with Crippen LogP contribution in [0, 0.1) is 16.7 Å². The molecule has 0 bridgehead atoms. The van der Waals surface area contributed by atoms with E-state index in [1.807, 2.05) is 12.1 Å². The average molecular weight is 187 g/mol. The Kier molecular flexibility index (Phi) is 1.92. The minimum absolute atomic E-state index is 0.364. The molecule has 2 rings (SSSR count). The fourth-order valence-electron chi connectivity index (χ4n) is 1.51. The molecule has 72 valence electrons. The predicted octanol–water partition coefficient (Wildman–Crippen LogP) is 2.16. The maximum absolute atomic E-state index is 8.83. The first-order chi connectivity index (χ1) is 6.63. The van der Waals surface area contributed by atoms with Crippen LogP contribution in [-0.2, 0) is 0 Å². The number of pyridine rings is 1. The third-order valence-corrected chi connectivity index (χ3v) is 2.76. The van der Waals surface area contributed by atoms with E-state index in [1.165, 1.54) is 0 Å². The molecule has 0 aliphatic heterocycles. The van der Waals surface area contributed by atoms with E-state index in [0.29, 0.717) is 17.2 Å². The average Bonchev–Trinajstić information content (AvgIpc) is 2.75. The first-order valence-corrected chi connectivity index (χ1v) is 4.75. The standard InChI is InChI=1S/C11H13N3/c1-11(2)6-10(11)14-8-4-3-5-13-9(8)7-12/h3-5,10,14H,6H2,1-2H3. The number of aromatic nitrogens is 1. The van der Waals surface area contributed by atoms with Crippen molar-refractivity contribution in [2.45, 2.75) is 26.3 Å². The van der Waals surface area contributed by atoms with Crippen LogP contribution in [-0.4, -0.2) is 11.0 Å². The van der Waals surface area contributed by atoms with Crippen LogP contribution in [0.3, 0.4) is 0 Å². The van der Waals surface area contributed by atoms with Gasteiger partial charge in [-0.1, -0.05) is 13.8 Å². The molecule has 1 aliphatic rings. The van der Waals surface area contributed by atoms with Gasteiger partial charge in [0.2, 0.25) is 0 Å². The third-order valence-electron chi connectivity index (χ3n) is 2.76. The van der Waals surface area contributed by atoms with Gasteiger partial charge in [0.1, 0.15) is 6.07 Å². The molecule has 0 radical (unpaired) electrons. The first-order valence-electron chi connectivity index (χ1n) is 4.75. The van der Waals surface area contributed by atoms with Crippen LogP contribution in [0.2, 0.25) is 0 Å². The van der Waals surface area contributed by atoms with Crippen LogP contribution in [0.5, 0.6) is 0 Å². The van der Waals surface area contributed by atoms with Gasteiger partial charge in [0.15, 0.2) is 5.69 Å². The van der Waals surface area contributed by atoms with Gasteiger partial charge in [-0.25, -0.2) is 4.98 Å². The smallest absolute Gasteiger partial charge is 0.163 e. The Morgan fingerprint density at radius 1 is 1.64 bits per heavy atom. The summed E-state index contributed by atoms with van der Waals surface area (Å²) in [7, 11) is 0. The van der Waals surface area contributed by atoms with Gasteiger partial charge in [0.25, 0.3) is 0 Å². The number of hydrogen-bond acceptors (Lipinski definition) is 3. The van der Waals surface area contributed by atoms with E-state index in [1.54, 1.807) is 6.20 Å². The number of rotatable bonds is 2. The van der Waals surface area contributed by atoms with Crippen molar-refractivity contribution in [3.8, 4) is 6.07 Å². The highest BCUT2D eigenvalue weighted by Crippen LogP contribution is 2.46. The molecule has 3 heteroatoms. The molecule has 1 aromatic rings. The van der Waals surface area contributed by atoms with Crippen LogP contribution >= 0.6 is 0 Å². The zero-order chi connectivity index (χ0) is 10.2. The number of nitrogens with one attached hydrogen (secondary N) is 1. The molecule has 1 N–H and O–H groups in total. The van der Waals surface area contributed by atoms with Crippen LogP contribution < -0.4 is 5.32 Å². The zero-order valence-corrected chi connectivity index (χ0v) is 8.41. The maximum Gasteiger partial charge on any atom is 0.163 e. The quantitative estimate of drug-likeness (QED) is 0.771. The second-order valence-electron chi connectivity index (χ2n) is 4.40. The lowest BCUT2D eigenvalue weighted by atomic mass is 10.2. The number of nitriles is 1. The summed E-state index contributed by atoms with van der Waals surface area (Å²) in [6, 6.07) is 6.32. The number of anilines is 1. The van der Waals surface area contributed by atoms with E-state index in [0.717, 1.165) is 12.1 Å². The Labute approximate surface area is 83.8 Å². The minimum atomic E-state index is 0.364. The van der Waals surface area contributed by atoms with Gasteiger partial charge in [-0.3, -0.25) is 0 Å². The monoisotopic (exact) mass is 187 g/mol. The Balaban J connectivity index is 2.15. The molecule has 0 spiro atoms. The van der Waals surface area contributed by atoms with Crippen LogP contribution in [0.1, 0.15) is 26.0 Å². The molecule has 1 heterocycles. The molecule has 1 saturated carbocycles. The molecule has 0 saturated heterocycles. The molecule has 0 aromatic carbocycles. The second kappa shape index (κ2) is 2.98. The molecule has 1 aromatic heterocycles. The summed E-state index contributed by atoms with van der Waals surface area (Å²) in [6.45, 7) is 4.43. The Hall–Kier alpha value is -1.56. The lowest BCUT2D eigenvalue weighted by molar-refractivity contribution is 0.630. The lowest BCUT2D eigenvalue weighted by Crippen LogP contribution is -2.09. The molecule has 3 nitrogen and oxygen atoms in total. The third kappa shape index (κ3) is 1.56. The summed E-state index contributed by atoms with van der Waals surface area (Å²) >= 11 is 0. The van der Waals surface area contributed by atoms with E-state index in [4.69, 9.17) is 5.26 Å². The van der Waals surface area contributed by atoms with Gasteiger partial charge in [0.05, 0.1) is 5.69 Å². The van der Waals surface area contributed by atoms with E-state index in [9.17, 15) is 0 Å². The second-order valence-corrected chi connectivity index (χ2v) is 4.40. The van der Waals surface area contributed by atoms with Crippen molar-refractivity contribution in [1.82, 2.24) is 4.98 Å². The van der Waals surface area contributed by atoms with Crippen molar-refractivity contribution in [1.29, 1.82) is 5.26 Å². The summed E-state index contributed by atoms with van der Waals surface area (Å²) in [5.74, 6) is 0. The highest BCUT2D eigenvalue weighted by atomic mass is 15.0. The Morgan fingerprint density at radius 3 is 2.93 bits per heavy atom. The maximum atomic E-state index is 8.83. The molecule has 1 unspecified atom stereocenters. The fourth-order valence-corrected chi connectivity index (χ4v) is 1.51. The summed E-state index contributed by atoms with van der Waals surface area (Å²) in [4.78, 5) is 4.00. The molecule has 1 fully saturated rings. The Morgan fingerprint density at radius 2 is 2.36 bits per heavy atom. The largest absolute Gasteiger partial charge is 0.379 e. The van der Waals surface area contributed by atoms with Gasteiger partial charge in [-0.15, -0.1) is 0 Å². The molecule has 0 amide bonds. The lowest BCUT2D eigenvalue weighted by Gasteiger charge is -2.08. The van der Waals surface area contributed by atoms with Gasteiger partial charge in [0, 0.05) is 12.2 Å². The van der Waals surface area contributed by atoms with E-state index in [2.05, 4.69) is 30.2 Å². The van der Waals surface area contributed by atoms with E-state index < -0.39 is 0 Å². The summed E-state index contributed by atoms with van der Waals surface area (Å²) in [6.07, 6.45) is 2.80. The number of hydrogen-bond donors (Lipinski definition) is 1. The highest BCUT2D eigenvalue weighted by Gasteiger charge is 2.45. The van der Waals surface area contributed by atoms with Crippen molar-refractivity contribution >= 4 is 5.69 Å². The van der Waals surface area contributed by atoms with Crippen LogP contribution in [0.25, 0.3) is 0 Å². The highest BCUT2D eigenvalue weighted by molar-refractivity contribution is 5.55. The van der Waals surface area contributed by atoms with Gasteiger partial charge in [-0.2, -0.15) is 5.26 Å².